The lowest BCUT2D eigenvalue weighted by molar-refractivity contribution is 0.0631. The van der Waals surface area contributed by atoms with Gasteiger partial charge < -0.3 is 20.3 Å². The number of nitrogens with one attached hydrogen (secondary N) is 2. The van der Waals surface area contributed by atoms with Crippen LogP contribution in [0.1, 0.15) is 33.1 Å². The van der Waals surface area contributed by atoms with Gasteiger partial charge in [-0.15, -0.1) is 0 Å². The van der Waals surface area contributed by atoms with Crippen LogP contribution >= 0.6 is 0 Å². The first-order valence-corrected chi connectivity index (χ1v) is 8.75. The number of ether oxygens (including phenoxy) is 1. The highest BCUT2D eigenvalue weighted by molar-refractivity contribution is 5.95. The fourth-order valence-corrected chi connectivity index (χ4v) is 3.76. The number of benzene rings is 2. The van der Waals surface area contributed by atoms with Gasteiger partial charge in [-0.1, -0.05) is 24.3 Å². The van der Waals surface area contributed by atoms with Gasteiger partial charge in [-0.2, -0.15) is 0 Å². The van der Waals surface area contributed by atoms with Crippen LogP contribution in [0.15, 0.2) is 42.5 Å². The maximum Gasteiger partial charge on any atom is 0.254 e. The van der Waals surface area contributed by atoms with E-state index in [9.17, 15) is 4.79 Å². The molecule has 5 nitrogen and oxygen atoms in total. The van der Waals surface area contributed by atoms with E-state index in [0.29, 0.717) is 6.54 Å². The molecule has 0 aromatic heterocycles. The molecular formula is C20H23N3O2. The average Bonchev–Trinajstić information content (AvgIpc) is 3.15. The van der Waals surface area contributed by atoms with Crippen LogP contribution in [0.3, 0.4) is 0 Å². The van der Waals surface area contributed by atoms with Crippen molar-refractivity contribution in [1.29, 1.82) is 0 Å². The van der Waals surface area contributed by atoms with Crippen molar-refractivity contribution in [3.8, 4) is 5.75 Å². The monoisotopic (exact) mass is 337 g/mol. The Morgan fingerprint density at radius 1 is 1.12 bits per heavy atom. The Labute approximate surface area is 148 Å². The fourth-order valence-electron chi connectivity index (χ4n) is 3.76. The van der Waals surface area contributed by atoms with E-state index in [2.05, 4.69) is 16.7 Å². The molecular weight excluding hydrogens is 314 g/mol. The topological polar surface area (TPSA) is 53.6 Å². The molecule has 1 unspecified atom stereocenters. The molecule has 130 valence electrons. The van der Waals surface area contributed by atoms with Gasteiger partial charge in [0, 0.05) is 43.9 Å². The van der Waals surface area contributed by atoms with E-state index in [1.165, 1.54) is 11.1 Å². The second-order valence-corrected chi connectivity index (χ2v) is 6.55. The van der Waals surface area contributed by atoms with Crippen molar-refractivity contribution in [1.82, 2.24) is 15.5 Å². The van der Waals surface area contributed by atoms with Gasteiger partial charge in [0.25, 0.3) is 5.91 Å². The standard InChI is InChI=1S/C20H23N3O2/c1-25-19-5-3-2-4-17(19)18-13-21-8-9-23(18)20(24)14-6-7-15-11-22-12-16(15)10-14/h2-7,10,18,21-22H,8-9,11-13H2,1H3. The molecule has 1 fully saturated rings. The molecule has 2 heterocycles. The van der Waals surface area contributed by atoms with Gasteiger partial charge in [-0.05, 0) is 29.3 Å². The number of para-hydroxylation sites is 1. The quantitative estimate of drug-likeness (QED) is 0.900. The Balaban J connectivity index is 1.66. The third-order valence-electron chi connectivity index (χ3n) is 5.09. The van der Waals surface area contributed by atoms with Crippen molar-refractivity contribution in [3.63, 3.8) is 0 Å². The molecule has 0 spiro atoms. The first-order valence-electron chi connectivity index (χ1n) is 8.75. The molecule has 25 heavy (non-hydrogen) atoms. The SMILES string of the molecule is COc1ccccc1C1CNCCN1C(=O)c1ccc2c(c1)CNC2. The Bertz CT molecular complexity index is 790. The lowest BCUT2D eigenvalue weighted by atomic mass is 9.99. The van der Waals surface area contributed by atoms with Crippen LogP contribution in [0, 0.1) is 0 Å². The van der Waals surface area contributed by atoms with Crippen molar-refractivity contribution in [2.24, 2.45) is 0 Å². The number of carbonyl (C=O) groups excluding carboxylic acids is 1. The molecule has 1 amide bonds. The highest BCUT2D eigenvalue weighted by Crippen LogP contribution is 2.31. The van der Waals surface area contributed by atoms with Crippen LogP contribution < -0.4 is 15.4 Å². The summed E-state index contributed by atoms with van der Waals surface area (Å²) in [5, 5.41) is 6.73. The minimum Gasteiger partial charge on any atom is -0.496 e. The Morgan fingerprint density at radius 3 is 2.84 bits per heavy atom. The first-order chi connectivity index (χ1) is 12.3. The van der Waals surface area contributed by atoms with Crippen molar-refractivity contribution in [2.45, 2.75) is 19.1 Å². The van der Waals surface area contributed by atoms with Crippen LogP contribution in [0.4, 0.5) is 0 Å². The van der Waals surface area contributed by atoms with Gasteiger partial charge in [-0.25, -0.2) is 0 Å². The number of amides is 1. The fraction of sp³-hybridized carbons (Fsp3) is 0.350. The van der Waals surface area contributed by atoms with E-state index in [1.807, 2.05) is 41.3 Å². The number of methoxy groups -OCH3 is 1. The molecule has 1 atom stereocenters. The molecule has 2 N–H and O–H groups in total. The minimum atomic E-state index is -0.0243. The van der Waals surface area contributed by atoms with E-state index in [0.717, 1.165) is 43.1 Å². The summed E-state index contributed by atoms with van der Waals surface area (Å²) in [6, 6.07) is 14.0. The summed E-state index contributed by atoms with van der Waals surface area (Å²) in [6.45, 7) is 3.97. The summed E-state index contributed by atoms with van der Waals surface area (Å²) < 4.78 is 5.52. The molecule has 0 radical (unpaired) electrons. The normalized spacial score (nSPS) is 19.6. The molecule has 4 rings (SSSR count). The smallest absolute Gasteiger partial charge is 0.254 e. The van der Waals surface area contributed by atoms with Gasteiger partial charge >= 0.3 is 0 Å². The van der Waals surface area contributed by atoms with Gasteiger partial charge in [0.05, 0.1) is 13.2 Å². The molecule has 0 aliphatic carbocycles. The lowest BCUT2D eigenvalue weighted by Gasteiger charge is -2.37. The highest BCUT2D eigenvalue weighted by Gasteiger charge is 2.30. The van der Waals surface area contributed by atoms with E-state index >= 15 is 0 Å². The number of hydrogen-bond donors (Lipinski definition) is 2. The molecule has 0 bridgehead atoms. The van der Waals surface area contributed by atoms with Crippen molar-refractivity contribution in [2.75, 3.05) is 26.7 Å². The van der Waals surface area contributed by atoms with E-state index in [4.69, 9.17) is 4.74 Å². The lowest BCUT2D eigenvalue weighted by Crippen LogP contribution is -2.48. The Hall–Kier alpha value is -2.37. The minimum absolute atomic E-state index is 0.0243. The highest BCUT2D eigenvalue weighted by atomic mass is 16.5. The average molecular weight is 337 g/mol. The van der Waals surface area contributed by atoms with Gasteiger partial charge in [0.1, 0.15) is 5.75 Å². The number of piperazine rings is 1. The zero-order chi connectivity index (χ0) is 17.2. The van der Waals surface area contributed by atoms with Crippen LogP contribution in [0.2, 0.25) is 0 Å². The maximum atomic E-state index is 13.2. The number of rotatable bonds is 3. The second-order valence-electron chi connectivity index (χ2n) is 6.55. The molecule has 0 saturated carbocycles. The van der Waals surface area contributed by atoms with Crippen LogP contribution in [0.5, 0.6) is 5.75 Å². The maximum absolute atomic E-state index is 13.2. The zero-order valence-electron chi connectivity index (χ0n) is 14.4. The predicted molar refractivity (Wildman–Crippen MR) is 96.6 cm³/mol. The number of hydrogen-bond acceptors (Lipinski definition) is 4. The molecule has 2 aliphatic rings. The summed E-state index contributed by atoms with van der Waals surface area (Å²) in [5.74, 6) is 0.916. The summed E-state index contributed by atoms with van der Waals surface area (Å²) in [6.07, 6.45) is 0. The molecule has 5 heteroatoms. The van der Waals surface area contributed by atoms with Gasteiger partial charge in [-0.3, -0.25) is 4.79 Å². The molecule has 2 aliphatic heterocycles. The molecule has 2 aromatic rings. The summed E-state index contributed by atoms with van der Waals surface area (Å²) in [7, 11) is 1.68. The molecule has 1 saturated heterocycles. The number of carbonyl (C=O) groups is 1. The third-order valence-corrected chi connectivity index (χ3v) is 5.09. The van der Waals surface area contributed by atoms with E-state index in [-0.39, 0.29) is 11.9 Å². The Kier molecular flexibility index (Phi) is 4.42. The van der Waals surface area contributed by atoms with E-state index in [1.54, 1.807) is 7.11 Å². The number of nitrogens with zero attached hydrogens (tertiary/aromatic N) is 1. The summed E-state index contributed by atoms with van der Waals surface area (Å²) >= 11 is 0. The number of fused-ring (bicyclic) bond motifs is 1. The van der Waals surface area contributed by atoms with E-state index < -0.39 is 0 Å². The predicted octanol–water partition coefficient (Wildman–Crippen LogP) is 2.09. The first kappa shape index (κ1) is 16.1. The molecule has 2 aromatic carbocycles. The van der Waals surface area contributed by atoms with Crippen LogP contribution in [-0.2, 0) is 13.1 Å². The van der Waals surface area contributed by atoms with Gasteiger partial charge in [0.2, 0.25) is 0 Å². The summed E-state index contributed by atoms with van der Waals surface area (Å²) in [5.41, 5.74) is 4.34. The Morgan fingerprint density at radius 2 is 1.96 bits per heavy atom. The van der Waals surface area contributed by atoms with Crippen LogP contribution in [-0.4, -0.2) is 37.6 Å². The largest absolute Gasteiger partial charge is 0.496 e. The van der Waals surface area contributed by atoms with Crippen molar-refractivity contribution in [3.05, 3.63) is 64.7 Å². The second kappa shape index (κ2) is 6.86. The summed E-state index contributed by atoms with van der Waals surface area (Å²) in [4.78, 5) is 15.2. The zero-order valence-corrected chi connectivity index (χ0v) is 14.4. The van der Waals surface area contributed by atoms with Crippen LogP contribution in [0.25, 0.3) is 0 Å². The third kappa shape index (κ3) is 3.01. The van der Waals surface area contributed by atoms with Crippen molar-refractivity contribution < 1.29 is 9.53 Å². The van der Waals surface area contributed by atoms with Crippen molar-refractivity contribution >= 4 is 5.91 Å². The van der Waals surface area contributed by atoms with Gasteiger partial charge in [0.15, 0.2) is 0 Å².